The molecule has 1 N–H and O–H groups in total. The summed E-state index contributed by atoms with van der Waals surface area (Å²) < 4.78 is 14.4. The molecule has 5 aromatic rings. The van der Waals surface area contributed by atoms with Crippen molar-refractivity contribution in [3.8, 4) is 22.5 Å². The zero-order valence-corrected chi connectivity index (χ0v) is 17.5. The van der Waals surface area contributed by atoms with Crippen LogP contribution in [0.25, 0.3) is 33.4 Å². The number of hydrogen-bond acceptors (Lipinski definition) is 4. The summed E-state index contributed by atoms with van der Waals surface area (Å²) in [4.78, 5) is 14.1. The number of benzene rings is 3. The molecule has 1 atom stereocenters. The van der Waals surface area contributed by atoms with Crippen molar-refractivity contribution >= 4 is 16.7 Å². The zero-order chi connectivity index (χ0) is 21.9. The van der Waals surface area contributed by atoms with E-state index < -0.39 is 0 Å². The second-order valence-electron chi connectivity index (χ2n) is 7.59. The maximum absolute atomic E-state index is 14.4. The van der Waals surface area contributed by atoms with Gasteiger partial charge >= 0.3 is 0 Å². The second-order valence-corrected chi connectivity index (χ2v) is 7.59. The van der Waals surface area contributed by atoms with Crippen molar-refractivity contribution in [2.75, 3.05) is 5.32 Å². The van der Waals surface area contributed by atoms with Gasteiger partial charge in [0.25, 0.3) is 0 Å². The Hall–Kier alpha value is -4.12. The number of nitrogens with one attached hydrogen (secondary N) is 1. The van der Waals surface area contributed by atoms with E-state index in [0.29, 0.717) is 17.2 Å². The highest BCUT2D eigenvalue weighted by Gasteiger charge is 2.15. The summed E-state index contributed by atoms with van der Waals surface area (Å²) >= 11 is 0. The number of hydrogen-bond donors (Lipinski definition) is 1. The molecular formula is C27H21FN4. The van der Waals surface area contributed by atoms with Gasteiger partial charge in [0.05, 0.1) is 17.3 Å². The van der Waals surface area contributed by atoms with Gasteiger partial charge in [-0.05, 0) is 42.8 Å². The molecule has 5 heteroatoms. The van der Waals surface area contributed by atoms with Gasteiger partial charge in [-0.2, -0.15) is 0 Å². The van der Waals surface area contributed by atoms with Gasteiger partial charge in [-0.15, -0.1) is 0 Å². The number of anilines is 1. The smallest absolute Gasteiger partial charge is 0.162 e. The predicted molar refractivity (Wildman–Crippen MR) is 127 cm³/mol. The maximum atomic E-state index is 14.4. The Morgan fingerprint density at radius 3 is 2.34 bits per heavy atom. The number of halogens is 1. The molecule has 3 aromatic carbocycles. The van der Waals surface area contributed by atoms with E-state index in [1.54, 1.807) is 18.3 Å². The number of rotatable bonds is 5. The van der Waals surface area contributed by atoms with Crippen LogP contribution in [0.15, 0.2) is 97.2 Å². The molecule has 5 rings (SSSR count). The summed E-state index contributed by atoms with van der Waals surface area (Å²) in [6.45, 7) is 2.05. The molecule has 2 heterocycles. The first-order valence-corrected chi connectivity index (χ1v) is 10.5. The molecule has 1 unspecified atom stereocenters. The van der Waals surface area contributed by atoms with E-state index >= 15 is 0 Å². The minimum Gasteiger partial charge on any atom is -0.361 e. The molecule has 0 saturated carbocycles. The van der Waals surface area contributed by atoms with Crippen LogP contribution in [0.5, 0.6) is 0 Å². The van der Waals surface area contributed by atoms with E-state index in [4.69, 9.17) is 9.97 Å². The molecule has 0 aliphatic rings. The lowest BCUT2D eigenvalue weighted by Crippen LogP contribution is -2.10. The average Bonchev–Trinajstić information content (AvgIpc) is 2.85. The monoisotopic (exact) mass is 420 g/mol. The number of aromatic nitrogens is 3. The van der Waals surface area contributed by atoms with Crippen LogP contribution in [0.3, 0.4) is 0 Å². The molecular weight excluding hydrogens is 399 g/mol. The van der Waals surface area contributed by atoms with Crippen LogP contribution < -0.4 is 5.32 Å². The highest BCUT2D eigenvalue weighted by atomic mass is 19.1. The van der Waals surface area contributed by atoms with E-state index in [0.717, 1.165) is 27.7 Å². The molecule has 0 fully saturated rings. The van der Waals surface area contributed by atoms with Gasteiger partial charge in [0.2, 0.25) is 0 Å². The summed E-state index contributed by atoms with van der Waals surface area (Å²) in [7, 11) is 0. The normalized spacial score (nSPS) is 11.9. The Kier molecular flexibility index (Phi) is 5.30. The summed E-state index contributed by atoms with van der Waals surface area (Å²) in [5, 5.41) is 4.36. The summed E-state index contributed by atoms with van der Waals surface area (Å²) in [6, 6.07) is 28.2. The molecule has 0 aliphatic heterocycles. The van der Waals surface area contributed by atoms with Gasteiger partial charge < -0.3 is 5.32 Å². The van der Waals surface area contributed by atoms with Crippen LogP contribution in [0.4, 0.5) is 10.2 Å². The van der Waals surface area contributed by atoms with Crippen LogP contribution in [-0.4, -0.2) is 15.0 Å². The third-order valence-electron chi connectivity index (χ3n) is 5.40. The molecule has 0 bridgehead atoms. The maximum Gasteiger partial charge on any atom is 0.162 e. The van der Waals surface area contributed by atoms with E-state index in [1.165, 1.54) is 6.07 Å². The number of pyridine rings is 1. The third kappa shape index (κ3) is 3.93. The Morgan fingerprint density at radius 1 is 0.781 bits per heavy atom. The first-order chi connectivity index (χ1) is 15.7. The van der Waals surface area contributed by atoms with E-state index in [9.17, 15) is 4.39 Å². The minimum absolute atomic E-state index is 0.0517. The topological polar surface area (TPSA) is 50.7 Å². The summed E-state index contributed by atoms with van der Waals surface area (Å²) in [5.41, 5.74) is 3.90. The van der Waals surface area contributed by atoms with Crippen LogP contribution >= 0.6 is 0 Å². The summed E-state index contributed by atoms with van der Waals surface area (Å²) in [6.07, 6.45) is 1.78. The van der Waals surface area contributed by atoms with Crippen LogP contribution in [0.1, 0.15) is 18.7 Å². The fourth-order valence-corrected chi connectivity index (χ4v) is 3.73. The second kappa shape index (κ2) is 8.55. The van der Waals surface area contributed by atoms with Crippen molar-refractivity contribution in [1.29, 1.82) is 0 Å². The van der Waals surface area contributed by atoms with Crippen molar-refractivity contribution in [1.82, 2.24) is 15.0 Å². The Labute approximate surface area is 185 Å². The van der Waals surface area contributed by atoms with Gasteiger partial charge in [-0.1, -0.05) is 60.7 Å². The van der Waals surface area contributed by atoms with Gasteiger partial charge in [0.15, 0.2) is 5.82 Å². The summed E-state index contributed by atoms with van der Waals surface area (Å²) in [5.74, 6) is 1.07. The third-order valence-corrected chi connectivity index (χ3v) is 5.40. The molecule has 0 amide bonds. The van der Waals surface area contributed by atoms with Crippen molar-refractivity contribution < 1.29 is 4.39 Å². The minimum atomic E-state index is -0.258. The van der Waals surface area contributed by atoms with Crippen LogP contribution in [-0.2, 0) is 0 Å². The molecule has 0 spiro atoms. The molecule has 32 heavy (non-hydrogen) atoms. The molecule has 0 aliphatic carbocycles. The van der Waals surface area contributed by atoms with E-state index in [1.807, 2.05) is 79.7 Å². The fraction of sp³-hybridized carbons (Fsp3) is 0.0741. The molecule has 4 nitrogen and oxygen atoms in total. The van der Waals surface area contributed by atoms with Crippen molar-refractivity contribution in [3.05, 3.63) is 109 Å². The van der Waals surface area contributed by atoms with Gasteiger partial charge in [0, 0.05) is 22.7 Å². The standard InChI is InChI=1S/C27H21FN4/c1-18(24-13-7-8-16-29-24)30-27-22-15-14-20(21-11-5-6-12-23(21)28)17-25(22)31-26(32-27)19-9-3-2-4-10-19/h2-18H,1H3,(H,30,31,32). The van der Waals surface area contributed by atoms with E-state index in [2.05, 4.69) is 10.3 Å². The lowest BCUT2D eigenvalue weighted by atomic mass is 10.0. The van der Waals surface area contributed by atoms with Gasteiger partial charge in [-0.3, -0.25) is 4.98 Å². The molecule has 2 aromatic heterocycles. The highest BCUT2D eigenvalue weighted by molar-refractivity contribution is 5.93. The SMILES string of the molecule is CC(Nc1nc(-c2ccccc2)nc2cc(-c3ccccc3F)ccc12)c1ccccn1. The van der Waals surface area contributed by atoms with Crippen molar-refractivity contribution in [3.63, 3.8) is 0 Å². The lowest BCUT2D eigenvalue weighted by Gasteiger charge is -2.17. The molecule has 0 saturated heterocycles. The van der Waals surface area contributed by atoms with Crippen molar-refractivity contribution in [2.45, 2.75) is 13.0 Å². The quantitative estimate of drug-likeness (QED) is 0.345. The highest BCUT2D eigenvalue weighted by Crippen LogP contribution is 2.31. The Bertz CT molecular complexity index is 1370. The molecule has 0 radical (unpaired) electrons. The van der Waals surface area contributed by atoms with Gasteiger partial charge in [0.1, 0.15) is 11.6 Å². The number of fused-ring (bicyclic) bond motifs is 1. The Morgan fingerprint density at radius 2 is 1.56 bits per heavy atom. The first-order valence-electron chi connectivity index (χ1n) is 10.5. The van der Waals surface area contributed by atoms with Crippen LogP contribution in [0.2, 0.25) is 0 Å². The van der Waals surface area contributed by atoms with Crippen LogP contribution in [0, 0.1) is 5.82 Å². The fourth-order valence-electron chi connectivity index (χ4n) is 3.73. The first kappa shape index (κ1) is 19.8. The van der Waals surface area contributed by atoms with Gasteiger partial charge in [-0.25, -0.2) is 14.4 Å². The average molecular weight is 420 g/mol. The predicted octanol–water partition coefficient (Wildman–Crippen LogP) is 6.67. The van der Waals surface area contributed by atoms with E-state index in [-0.39, 0.29) is 11.9 Å². The number of nitrogens with zero attached hydrogens (tertiary/aromatic N) is 3. The Balaban J connectivity index is 1.65. The molecule has 156 valence electrons. The van der Waals surface area contributed by atoms with Crippen molar-refractivity contribution in [2.24, 2.45) is 0 Å². The zero-order valence-electron chi connectivity index (χ0n) is 17.5. The largest absolute Gasteiger partial charge is 0.361 e. The lowest BCUT2D eigenvalue weighted by molar-refractivity contribution is 0.631.